The number of allylic oxidation sites excluding steroid dienone is 1. The summed E-state index contributed by atoms with van der Waals surface area (Å²) in [7, 11) is 0. The molecular formula is C15H12ClN3. The smallest absolute Gasteiger partial charge is 0.0406 e. The van der Waals surface area contributed by atoms with E-state index in [4.69, 9.17) is 17.1 Å². The number of azide groups is 1. The Morgan fingerprint density at radius 3 is 2.42 bits per heavy atom. The highest BCUT2D eigenvalue weighted by atomic mass is 35.5. The van der Waals surface area contributed by atoms with Gasteiger partial charge < -0.3 is 0 Å². The van der Waals surface area contributed by atoms with Gasteiger partial charge in [0, 0.05) is 15.6 Å². The highest BCUT2D eigenvalue weighted by molar-refractivity contribution is 6.30. The van der Waals surface area contributed by atoms with Gasteiger partial charge in [-0.2, -0.15) is 0 Å². The highest BCUT2D eigenvalue weighted by Gasteiger charge is 1.99. The Kier molecular flexibility index (Phi) is 4.62. The van der Waals surface area contributed by atoms with Crippen LogP contribution in [-0.4, -0.2) is 0 Å². The molecule has 0 N–H and O–H groups in total. The lowest BCUT2D eigenvalue weighted by atomic mass is 10.1. The average molecular weight is 270 g/mol. The molecule has 0 aliphatic carbocycles. The van der Waals surface area contributed by atoms with Crippen LogP contribution in [0.25, 0.3) is 16.5 Å². The maximum Gasteiger partial charge on any atom is 0.0406 e. The Labute approximate surface area is 116 Å². The molecule has 2 aromatic carbocycles. The van der Waals surface area contributed by atoms with Gasteiger partial charge in [-0.1, -0.05) is 59.2 Å². The van der Waals surface area contributed by atoms with E-state index in [1.54, 1.807) is 0 Å². The van der Waals surface area contributed by atoms with Gasteiger partial charge in [0.05, 0.1) is 0 Å². The SMILES string of the molecule is [N-]=[N+]=NC(=Cc1ccccc1)Cc1ccc(Cl)cc1. The van der Waals surface area contributed by atoms with Gasteiger partial charge in [-0.3, -0.25) is 0 Å². The zero-order chi connectivity index (χ0) is 13.5. The topological polar surface area (TPSA) is 48.8 Å². The number of halogens is 1. The van der Waals surface area contributed by atoms with Crippen molar-refractivity contribution < 1.29 is 0 Å². The van der Waals surface area contributed by atoms with Crippen molar-refractivity contribution in [2.45, 2.75) is 6.42 Å². The van der Waals surface area contributed by atoms with Gasteiger partial charge in [0.15, 0.2) is 0 Å². The summed E-state index contributed by atoms with van der Waals surface area (Å²) in [6.45, 7) is 0. The van der Waals surface area contributed by atoms with Gasteiger partial charge in [-0.15, -0.1) is 0 Å². The molecule has 0 bridgehead atoms. The second kappa shape index (κ2) is 6.64. The third kappa shape index (κ3) is 4.18. The van der Waals surface area contributed by atoms with E-state index in [-0.39, 0.29) is 0 Å². The maximum absolute atomic E-state index is 8.63. The first-order chi connectivity index (χ1) is 9.28. The second-order valence-corrected chi connectivity index (χ2v) is 4.48. The summed E-state index contributed by atoms with van der Waals surface area (Å²) in [6.07, 6.45) is 2.46. The Hall–Kier alpha value is -2.22. The van der Waals surface area contributed by atoms with E-state index in [0.717, 1.165) is 11.1 Å². The average Bonchev–Trinajstić information content (AvgIpc) is 2.43. The molecule has 0 saturated heterocycles. The fourth-order valence-corrected chi connectivity index (χ4v) is 1.85. The summed E-state index contributed by atoms with van der Waals surface area (Å²) in [5, 5.41) is 4.44. The predicted molar refractivity (Wildman–Crippen MR) is 78.7 cm³/mol. The molecule has 0 fully saturated rings. The van der Waals surface area contributed by atoms with E-state index in [1.165, 1.54) is 0 Å². The van der Waals surface area contributed by atoms with E-state index in [1.807, 2.05) is 60.7 Å². The van der Waals surface area contributed by atoms with E-state index >= 15 is 0 Å². The number of hydrogen-bond acceptors (Lipinski definition) is 1. The molecule has 0 aliphatic heterocycles. The lowest BCUT2D eigenvalue weighted by Crippen LogP contribution is -1.87. The summed E-state index contributed by atoms with van der Waals surface area (Å²) in [5.74, 6) is 0. The van der Waals surface area contributed by atoms with Crippen LogP contribution in [0.15, 0.2) is 65.4 Å². The minimum Gasteiger partial charge on any atom is -0.0843 e. The number of hydrogen-bond donors (Lipinski definition) is 0. The summed E-state index contributed by atoms with van der Waals surface area (Å²) in [6, 6.07) is 17.3. The van der Waals surface area contributed by atoms with E-state index in [9.17, 15) is 0 Å². The molecule has 0 heterocycles. The first-order valence-electron chi connectivity index (χ1n) is 5.83. The molecule has 0 spiro atoms. The Balaban J connectivity index is 2.24. The van der Waals surface area contributed by atoms with Gasteiger partial charge in [0.1, 0.15) is 0 Å². The van der Waals surface area contributed by atoms with Crippen molar-refractivity contribution in [1.82, 2.24) is 0 Å². The van der Waals surface area contributed by atoms with Crippen molar-refractivity contribution >= 4 is 17.7 Å². The van der Waals surface area contributed by atoms with Crippen molar-refractivity contribution in [2.24, 2.45) is 5.11 Å². The summed E-state index contributed by atoms with van der Waals surface area (Å²) in [5.41, 5.74) is 11.4. The third-order valence-electron chi connectivity index (χ3n) is 2.60. The normalized spacial score (nSPS) is 10.9. The highest BCUT2D eigenvalue weighted by Crippen LogP contribution is 2.16. The first-order valence-corrected chi connectivity index (χ1v) is 6.21. The Morgan fingerprint density at radius 1 is 1.11 bits per heavy atom. The lowest BCUT2D eigenvalue weighted by Gasteiger charge is -2.02. The van der Waals surface area contributed by atoms with E-state index in [0.29, 0.717) is 17.1 Å². The summed E-state index contributed by atoms with van der Waals surface area (Å²) in [4.78, 5) is 2.88. The molecule has 4 heteroatoms. The third-order valence-corrected chi connectivity index (χ3v) is 2.86. The fourth-order valence-electron chi connectivity index (χ4n) is 1.73. The second-order valence-electron chi connectivity index (χ2n) is 4.04. The molecule has 0 aliphatic rings. The van der Waals surface area contributed by atoms with Crippen LogP contribution in [0.1, 0.15) is 11.1 Å². The van der Waals surface area contributed by atoms with Gasteiger partial charge >= 0.3 is 0 Å². The molecule has 94 valence electrons. The standard InChI is InChI=1S/C15H12ClN3/c16-14-8-6-13(7-9-14)11-15(18-19-17)10-12-4-2-1-3-5-12/h1-10H,11H2. The number of benzene rings is 2. The van der Waals surface area contributed by atoms with Crippen molar-refractivity contribution in [3.05, 3.63) is 86.9 Å². The van der Waals surface area contributed by atoms with Crippen molar-refractivity contribution in [3.8, 4) is 0 Å². The van der Waals surface area contributed by atoms with E-state index < -0.39 is 0 Å². The monoisotopic (exact) mass is 269 g/mol. The largest absolute Gasteiger partial charge is 0.0843 e. The van der Waals surface area contributed by atoms with Crippen LogP contribution >= 0.6 is 11.6 Å². The van der Waals surface area contributed by atoms with Gasteiger partial charge in [-0.05, 0) is 41.3 Å². The molecule has 0 amide bonds. The van der Waals surface area contributed by atoms with Gasteiger partial charge in [-0.25, -0.2) is 0 Å². The first kappa shape index (κ1) is 13.2. The summed E-state index contributed by atoms with van der Waals surface area (Å²) < 4.78 is 0. The van der Waals surface area contributed by atoms with Crippen LogP contribution in [0, 0.1) is 0 Å². The molecule has 3 nitrogen and oxygen atoms in total. The van der Waals surface area contributed by atoms with Crippen LogP contribution in [0.3, 0.4) is 0 Å². The molecule has 19 heavy (non-hydrogen) atoms. The van der Waals surface area contributed by atoms with Crippen LogP contribution in [0.4, 0.5) is 0 Å². The van der Waals surface area contributed by atoms with Gasteiger partial charge in [0.25, 0.3) is 0 Å². The molecular weight excluding hydrogens is 258 g/mol. The van der Waals surface area contributed by atoms with Crippen LogP contribution < -0.4 is 0 Å². The fraction of sp³-hybridized carbons (Fsp3) is 0.0667. The molecule has 0 atom stereocenters. The zero-order valence-electron chi connectivity index (χ0n) is 10.2. The molecule has 2 aromatic rings. The molecule has 0 radical (unpaired) electrons. The Morgan fingerprint density at radius 2 is 1.79 bits per heavy atom. The Bertz CT molecular complexity index is 612. The molecule has 0 aromatic heterocycles. The van der Waals surface area contributed by atoms with Crippen LogP contribution in [0.5, 0.6) is 0 Å². The van der Waals surface area contributed by atoms with Gasteiger partial charge in [0.2, 0.25) is 0 Å². The van der Waals surface area contributed by atoms with E-state index in [2.05, 4.69) is 10.0 Å². The minimum atomic E-state index is 0.579. The molecule has 0 saturated carbocycles. The van der Waals surface area contributed by atoms with Crippen molar-refractivity contribution in [3.63, 3.8) is 0 Å². The van der Waals surface area contributed by atoms with Crippen molar-refractivity contribution in [1.29, 1.82) is 0 Å². The van der Waals surface area contributed by atoms with Crippen LogP contribution in [-0.2, 0) is 6.42 Å². The quantitative estimate of drug-likeness (QED) is 0.414. The maximum atomic E-state index is 8.63. The zero-order valence-corrected chi connectivity index (χ0v) is 11.0. The molecule has 0 unspecified atom stereocenters. The van der Waals surface area contributed by atoms with Crippen LogP contribution in [0.2, 0.25) is 5.02 Å². The lowest BCUT2D eigenvalue weighted by molar-refractivity contribution is 1.11. The minimum absolute atomic E-state index is 0.579. The summed E-state index contributed by atoms with van der Waals surface area (Å²) >= 11 is 5.84. The molecule has 2 rings (SSSR count). The number of rotatable bonds is 4. The number of nitrogens with zero attached hydrogens (tertiary/aromatic N) is 3. The predicted octanol–water partition coefficient (Wildman–Crippen LogP) is 5.23. The van der Waals surface area contributed by atoms with Crippen molar-refractivity contribution in [2.75, 3.05) is 0 Å².